The lowest BCUT2D eigenvalue weighted by atomic mass is 10.3. The minimum Gasteiger partial charge on any atom is -0.364 e. The number of benzene rings is 1. The first kappa shape index (κ1) is 11.0. The van der Waals surface area contributed by atoms with Crippen LogP contribution in [0.3, 0.4) is 0 Å². The van der Waals surface area contributed by atoms with E-state index < -0.39 is 0 Å². The molecule has 82 valence electrons. The van der Waals surface area contributed by atoms with Crippen LogP contribution < -0.4 is 5.32 Å². The molecule has 16 heavy (non-hydrogen) atoms. The molecule has 0 saturated carbocycles. The maximum Gasteiger partial charge on any atom is 0.260 e. The van der Waals surface area contributed by atoms with Crippen molar-refractivity contribution in [1.29, 1.82) is 0 Å². The monoisotopic (exact) mass is 256 g/mol. The Morgan fingerprint density at radius 2 is 2.12 bits per heavy atom. The summed E-state index contributed by atoms with van der Waals surface area (Å²) in [5, 5.41) is 6.88. The van der Waals surface area contributed by atoms with E-state index in [0.717, 1.165) is 0 Å². The lowest BCUT2D eigenvalue weighted by Crippen LogP contribution is -2.10. The van der Waals surface area contributed by atoms with E-state index in [2.05, 4.69) is 15.0 Å². The molecule has 4 nitrogen and oxygen atoms in total. The minimum atomic E-state index is -0.320. The van der Waals surface area contributed by atoms with E-state index in [1.807, 2.05) is 0 Å². The molecule has 1 N–H and O–H groups in total. The Bertz CT molecular complexity index is 512. The molecule has 0 unspecified atom stereocenters. The van der Waals surface area contributed by atoms with Crippen LogP contribution in [0.25, 0.3) is 0 Å². The zero-order valence-electron chi connectivity index (χ0n) is 7.91. The average molecular weight is 257 g/mol. The molecule has 0 atom stereocenters. The highest BCUT2D eigenvalue weighted by atomic mass is 35.5. The molecule has 0 aliphatic rings. The summed E-state index contributed by atoms with van der Waals surface area (Å²) in [6.45, 7) is 0. The van der Waals surface area contributed by atoms with Crippen molar-refractivity contribution in [3.05, 3.63) is 46.3 Å². The number of carbonyl (C=O) groups is 1. The van der Waals surface area contributed by atoms with Crippen LogP contribution in [0.2, 0.25) is 10.0 Å². The second kappa shape index (κ2) is 4.55. The third kappa shape index (κ3) is 2.35. The molecule has 0 bridgehead atoms. The topological polar surface area (TPSA) is 55.1 Å². The lowest BCUT2D eigenvalue weighted by molar-refractivity contribution is 0.102. The summed E-state index contributed by atoms with van der Waals surface area (Å²) in [6.07, 6.45) is 2.58. The molecule has 2 aromatic rings. The van der Waals surface area contributed by atoms with Gasteiger partial charge in [0.05, 0.1) is 21.8 Å². The second-order valence-electron chi connectivity index (χ2n) is 3.00. The SMILES string of the molecule is O=C(Nc1ccc(Cl)c(Cl)c1)c1cnoc1. The van der Waals surface area contributed by atoms with Crippen molar-refractivity contribution in [3.8, 4) is 0 Å². The smallest absolute Gasteiger partial charge is 0.260 e. The van der Waals surface area contributed by atoms with E-state index in [0.29, 0.717) is 21.3 Å². The number of rotatable bonds is 2. The van der Waals surface area contributed by atoms with Crippen LogP contribution in [0.15, 0.2) is 35.2 Å². The van der Waals surface area contributed by atoms with Gasteiger partial charge in [0.25, 0.3) is 5.91 Å². The van der Waals surface area contributed by atoms with Crippen molar-refractivity contribution >= 4 is 34.8 Å². The molecule has 0 aliphatic carbocycles. The molecule has 1 heterocycles. The molecule has 0 saturated heterocycles. The lowest BCUT2D eigenvalue weighted by Gasteiger charge is -2.04. The van der Waals surface area contributed by atoms with Crippen molar-refractivity contribution < 1.29 is 9.32 Å². The molecule has 0 fully saturated rings. The number of carbonyl (C=O) groups excluding carboxylic acids is 1. The number of halogens is 2. The van der Waals surface area contributed by atoms with Crippen molar-refractivity contribution in [2.45, 2.75) is 0 Å². The summed E-state index contributed by atoms with van der Waals surface area (Å²) < 4.78 is 4.56. The van der Waals surface area contributed by atoms with Crippen LogP contribution in [0, 0.1) is 0 Å². The Kier molecular flexibility index (Phi) is 3.12. The van der Waals surface area contributed by atoms with Gasteiger partial charge in [0, 0.05) is 5.69 Å². The summed E-state index contributed by atoms with van der Waals surface area (Å²) in [4.78, 5) is 11.6. The van der Waals surface area contributed by atoms with Crippen LogP contribution in [0.5, 0.6) is 0 Å². The van der Waals surface area contributed by atoms with E-state index in [4.69, 9.17) is 23.2 Å². The summed E-state index contributed by atoms with van der Waals surface area (Å²) >= 11 is 11.6. The zero-order valence-corrected chi connectivity index (χ0v) is 9.42. The number of hydrogen-bond donors (Lipinski definition) is 1. The molecule has 1 aromatic heterocycles. The second-order valence-corrected chi connectivity index (χ2v) is 3.81. The molecule has 0 spiro atoms. The molecular weight excluding hydrogens is 251 g/mol. The van der Waals surface area contributed by atoms with E-state index in [9.17, 15) is 4.79 Å². The standard InChI is InChI=1S/C10H6Cl2N2O2/c11-8-2-1-7(3-9(8)12)14-10(15)6-4-13-16-5-6/h1-5H,(H,14,15). The maximum absolute atomic E-state index is 11.6. The van der Waals surface area contributed by atoms with Gasteiger partial charge in [-0.15, -0.1) is 0 Å². The van der Waals surface area contributed by atoms with Crippen molar-refractivity contribution in [3.63, 3.8) is 0 Å². The predicted molar refractivity (Wildman–Crippen MR) is 60.9 cm³/mol. The van der Waals surface area contributed by atoms with Gasteiger partial charge in [0.15, 0.2) is 0 Å². The zero-order chi connectivity index (χ0) is 11.5. The van der Waals surface area contributed by atoms with Crippen LogP contribution in [-0.2, 0) is 0 Å². The van der Waals surface area contributed by atoms with Crippen LogP contribution in [0.4, 0.5) is 5.69 Å². The molecule has 1 amide bonds. The number of aromatic nitrogens is 1. The van der Waals surface area contributed by atoms with Crippen molar-refractivity contribution in [2.24, 2.45) is 0 Å². The predicted octanol–water partition coefficient (Wildman–Crippen LogP) is 3.23. The number of amides is 1. The number of hydrogen-bond acceptors (Lipinski definition) is 3. The average Bonchev–Trinajstić information content (AvgIpc) is 2.77. The van der Waals surface area contributed by atoms with Crippen LogP contribution in [-0.4, -0.2) is 11.1 Å². The third-order valence-corrected chi connectivity index (χ3v) is 2.61. The molecular formula is C10H6Cl2N2O2. The molecule has 0 radical (unpaired) electrons. The van der Waals surface area contributed by atoms with Gasteiger partial charge in [-0.3, -0.25) is 4.79 Å². The first-order chi connectivity index (χ1) is 7.66. The first-order valence-corrected chi connectivity index (χ1v) is 5.08. The molecule has 6 heteroatoms. The first-order valence-electron chi connectivity index (χ1n) is 4.32. The normalized spacial score (nSPS) is 10.1. The largest absolute Gasteiger partial charge is 0.364 e. The van der Waals surface area contributed by atoms with Crippen molar-refractivity contribution in [2.75, 3.05) is 5.32 Å². The molecule has 0 aliphatic heterocycles. The van der Waals surface area contributed by atoms with E-state index in [1.165, 1.54) is 12.5 Å². The van der Waals surface area contributed by atoms with Crippen LogP contribution >= 0.6 is 23.2 Å². The molecule has 1 aromatic carbocycles. The van der Waals surface area contributed by atoms with Gasteiger partial charge in [0.1, 0.15) is 6.26 Å². The Hall–Kier alpha value is -1.52. The van der Waals surface area contributed by atoms with Gasteiger partial charge in [-0.25, -0.2) is 0 Å². The highest BCUT2D eigenvalue weighted by molar-refractivity contribution is 6.42. The Balaban J connectivity index is 2.15. The van der Waals surface area contributed by atoms with E-state index in [-0.39, 0.29) is 5.91 Å². The number of anilines is 1. The summed E-state index contributed by atoms with van der Waals surface area (Å²) in [7, 11) is 0. The minimum absolute atomic E-state index is 0.320. The Morgan fingerprint density at radius 3 is 2.75 bits per heavy atom. The quantitative estimate of drug-likeness (QED) is 0.898. The van der Waals surface area contributed by atoms with Gasteiger partial charge in [0.2, 0.25) is 0 Å². The van der Waals surface area contributed by atoms with E-state index >= 15 is 0 Å². The summed E-state index contributed by atoms with van der Waals surface area (Å²) in [5.41, 5.74) is 0.895. The van der Waals surface area contributed by atoms with Gasteiger partial charge in [-0.1, -0.05) is 28.4 Å². The highest BCUT2D eigenvalue weighted by Gasteiger charge is 2.08. The van der Waals surface area contributed by atoms with Gasteiger partial charge >= 0.3 is 0 Å². The Morgan fingerprint density at radius 1 is 1.31 bits per heavy atom. The fraction of sp³-hybridized carbons (Fsp3) is 0. The third-order valence-electron chi connectivity index (χ3n) is 1.87. The maximum atomic E-state index is 11.6. The molecule has 2 rings (SSSR count). The number of nitrogens with one attached hydrogen (secondary N) is 1. The van der Waals surface area contributed by atoms with Crippen molar-refractivity contribution in [1.82, 2.24) is 5.16 Å². The van der Waals surface area contributed by atoms with Gasteiger partial charge < -0.3 is 9.84 Å². The fourth-order valence-corrected chi connectivity index (χ4v) is 1.39. The van der Waals surface area contributed by atoms with Crippen LogP contribution in [0.1, 0.15) is 10.4 Å². The Labute approximate surface area is 101 Å². The number of nitrogens with zero attached hydrogens (tertiary/aromatic N) is 1. The van der Waals surface area contributed by atoms with Gasteiger partial charge in [-0.2, -0.15) is 0 Å². The highest BCUT2D eigenvalue weighted by Crippen LogP contribution is 2.25. The van der Waals surface area contributed by atoms with E-state index in [1.54, 1.807) is 18.2 Å². The summed E-state index contributed by atoms with van der Waals surface area (Å²) in [6, 6.07) is 4.82. The summed E-state index contributed by atoms with van der Waals surface area (Å²) in [5.74, 6) is -0.320. The fourth-order valence-electron chi connectivity index (χ4n) is 1.09. The van der Waals surface area contributed by atoms with Gasteiger partial charge in [-0.05, 0) is 18.2 Å².